The predicted octanol–water partition coefficient (Wildman–Crippen LogP) is 4.86. The SMILES string of the molecule is CCOP(=O)(CN1C(=O)S/C(=C/c2ccc(OCCN(C)c3ccccn3)cc2)C1=O)OCC. The Morgan fingerprint density at radius 2 is 1.79 bits per heavy atom. The molecule has 3 rings (SSSR count). The zero-order chi connectivity index (χ0) is 24.6. The van der Waals surface area contributed by atoms with Crippen LogP contribution in [0.25, 0.3) is 6.08 Å². The van der Waals surface area contributed by atoms with Crippen LogP contribution < -0.4 is 9.64 Å². The number of rotatable bonds is 12. The van der Waals surface area contributed by atoms with Crippen molar-refractivity contribution in [3.05, 3.63) is 59.1 Å². The summed E-state index contributed by atoms with van der Waals surface area (Å²) in [6.45, 7) is 4.79. The molecule has 1 saturated heterocycles. The van der Waals surface area contributed by atoms with Gasteiger partial charge in [0.25, 0.3) is 11.1 Å². The number of aromatic nitrogens is 1. The highest BCUT2D eigenvalue weighted by Crippen LogP contribution is 2.50. The number of ether oxygens (including phenoxy) is 1. The van der Waals surface area contributed by atoms with Gasteiger partial charge in [-0.05, 0) is 61.5 Å². The lowest BCUT2D eigenvalue weighted by Gasteiger charge is -2.21. The van der Waals surface area contributed by atoms with E-state index in [1.54, 1.807) is 50.4 Å². The number of imide groups is 1. The highest BCUT2D eigenvalue weighted by molar-refractivity contribution is 8.18. The van der Waals surface area contributed by atoms with Gasteiger partial charge in [0.05, 0.1) is 24.7 Å². The lowest BCUT2D eigenvalue weighted by molar-refractivity contribution is -0.122. The molecule has 1 aliphatic rings. The first kappa shape index (κ1) is 26.0. The Labute approximate surface area is 203 Å². The van der Waals surface area contributed by atoms with Gasteiger partial charge < -0.3 is 18.7 Å². The molecule has 1 aliphatic heterocycles. The van der Waals surface area contributed by atoms with Crippen LogP contribution >= 0.6 is 19.4 Å². The van der Waals surface area contributed by atoms with Gasteiger partial charge in [-0.15, -0.1) is 0 Å². The standard InChI is InChI=1S/C23H28N3O6PS/c1-4-31-33(29,32-5-2)17-26-22(27)20(34-23(26)28)16-18-9-11-19(12-10-18)30-15-14-25(3)21-8-6-7-13-24-21/h6-13,16H,4-5,14-15,17H2,1-3H3/b20-16+. The van der Waals surface area contributed by atoms with Crippen molar-refractivity contribution in [2.75, 3.05) is 44.6 Å². The molecule has 2 amide bonds. The molecule has 9 nitrogen and oxygen atoms in total. The molecule has 0 saturated carbocycles. The van der Waals surface area contributed by atoms with Crippen LogP contribution in [0.1, 0.15) is 19.4 Å². The van der Waals surface area contributed by atoms with Crippen LogP contribution in [-0.2, 0) is 18.4 Å². The van der Waals surface area contributed by atoms with Crippen LogP contribution in [0.15, 0.2) is 53.6 Å². The Bertz CT molecular complexity index is 1050. The van der Waals surface area contributed by atoms with E-state index in [1.165, 1.54) is 0 Å². The number of thioether (sulfide) groups is 1. The Kier molecular flexibility index (Phi) is 9.29. The van der Waals surface area contributed by atoms with Gasteiger partial charge in [0.15, 0.2) is 0 Å². The van der Waals surface area contributed by atoms with Crippen LogP contribution in [0.2, 0.25) is 0 Å². The topological polar surface area (TPSA) is 98.3 Å². The summed E-state index contributed by atoms with van der Waals surface area (Å²) < 4.78 is 28.9. The molecule has 182 valence electrons. The number of benzene rings is 1. The van der Waals surface area contributed by atoms with E-state index in [1.807, 2.05) is 30.1 Å². The average Bonchev–Trinajstić information content (AvgIpc) is 3.08. The van der Waals surface area contributed by atoms with Crippen molar-refractivity contribution in [2.24, 2.45) is 0 Å². The normalized spacial score (nSPS) is 15.3. The number of likely N-dealkylation sites (N-methyl/N-ethyl adjacent to an activating group) is 1. The van der Waals surface area contributed by atoms with E-state index < -0.39 is 25.0 Å². The summed E-state index contributed by atoms with van der Waals surface area (Å²) in [7, 11) is -1.63. The third kappa shape index (κ3) is 6.93. The van der Waals surface area contributed by atoms with E-state index in [9.17, 15) is 14.2 Å². The summed E-state index contributed by atoms with van der Waals surface area (Å²) in [6.07, 6.45) is 2.96. The molecule has 0 unspecified atom stereocenters. The molecule has 0 aliphatic carbocycles. The predicted molar refractivity (Wildman–Crippen MR) is 133 cm³/mol. The van der Waals surface area contributed by atoms with Crippen LogP contribution in [0.3, 0.4) is 0 Å². The summed E-state index contributed by atoms with van der Waals surface area (Å²) in [5.41, 5.74) is 0.737. The fraction of sp³-hybridized carbons (Fsp3) is 0.348. The Hall–Kier alpha value is -2.65. The van der Waals surface area contributed by atoms with Crippen molar-refractivity contribution in [1.82, 2.24) is 9.88 Å². The number of carbonyl (C=O) groups is 2. The molecule has 1 aromatic heterocycles. The van der Waals surface area contributed by atoms with Gasteiger partial charge in [0, 0.05) is 13.2 Å². The zero-order valence-corrected chi connectivity index (χ0v) is 21.1. The van der Waals surface area contributed by atoms with Gasteiger partial charge in [-0.1, -0.05) is 18.2 Å². The van der Waals surface area contributed by atoms with E-state index >= 15 is 0 Å². The number of nitrogens with zero attached hydrogens (tertiary/aromatic N) is 3. The molecule has 0 N–H and O–H groups in total. The van der Waals surface area contributed by atoms with Gasteiger partial charge in [-0.25, -0.2) is 4.98 Å². The summed E-state index contributed by atoms with van der Waals surface area (Å²) in [6, 6.07) is 12.9. The first-order chi connectivity index (χ1) is 16.3. The lowest BCUT2D eigenvalue weighted by atomic mass is 10.2. The Morgan fingerprint density at radius 3 is 2.41 bits per heavy atom. The monoisotopic (exact) mass is 505 g/mol. The minimum atomic E-state index is -3.58. The van der Waals surface area contributed by atoms with Gasteiger partial charge in [-0.3, -0.25) is 19.1 Å². The molecule has 2 heterocycles. The van der Waals surface area contributed by atoms with E-state index in [-0.39, 0.29) is 18.1 Å². The minimum absolute atomic E-state index is 0.150. The third-order valence-corrected chi connectivity index (χ3v) is 7.59. The molecule has 0 spiro atoms. The summed E-state index contributed by atoms with van der Waals surface area (Å²) in [5, 5.41) is -0.507. The lowest BCUT2D eigenvalue weighted by Crippen LogP contribution is -2.30. The fourth-order valence-corrected chi connectivity index (χ4v) is 5.68. The summed E-state index contributed by atoms with van der Waals surface area (Å²) in [4.78, 5) is 32.6. The van der Waals surface area contributed by atoms with Gasteiger partial charge in [-0.2, -0.15) is 0 Å². The van der Waals surface area contributed by atoms with E-state index in [0.717, 1.165) is 28.0 Å². The zero-order valence-electron chi connectivity index (χ0n) is 19.4. The third-order valence-electron chi connectivity index (χ3n) is 4.75. The fourth-order valence-electron chi connectivity index (χ4n) is 3.11. The number of carbonyl (C=O) groups excluding carboxylic acids is 2. The van der Waals surface area contributed by atoms with Crippen molar-refractivity contribution in [3.63, 3.8) is 0 Å². The smallest absolute Gasteiger partial charge is 0.350 e. The van der Waals surface area contributed by atoms with Crippen molar-refractivity contribution in [3.8, 4) is 5.75 Å². The van der Waals surface area contributed by atoms with Crippen molar-refractivity contribution < 1.29 is 27.9 Å². The molecular formula is C23H28N3O6PS. The number of hydrogen-bond acceptors (Lipinski definition) is 9. The number of amides is 2. The van der Waals surface area contributed by atoms with Crippen molar-refractivity contribution in [1.29, 1.82) is 0 Å². The van der Waals surface area contributed by atoms with Crippen LogP contribution in [0.4, 0.5) is 10.6 Å². The van der Waals surface area contributed by atoms with E-state index in [2.05, 4.69) is 4.98 Å². The maximum Gasteiger partial charge on any atom is 0.350 e. The van der Waals surface area contributed by atoms with E-state index in [4.69, 9.17) is 13.8 Å². The summed E-state index contributed by atoms with van der Waals surface area (Å²) >= 11 is 0.796. The number of hydrogen-bond donors (Lipinski definition) is 0. The van der Waals surface area contributed by atoms with Crippen molar-refractivity contribution >= 4 is 42.4 Å². The quantitative estimate of drug-likeness (QED) is 0.296. The van der Waals surface area contributed by atoms with Crippen molar-refractivity contribution in [2.45, 2.75) is 13.8 Å². The van der Waals surface area contributed by atoms with Gasteiger partial charge >= 0.3 is 7.60 Å². The molecule has 1 fully saturated rings. The molecule has 11 heteroatoms. The van der Waals surface area contributed by atoms with Crippen LogP contribution in [0.5, 0.6) is 5.75 Å². The highest BCUT2D eigenvalue weighted by Gasteiger charge is 2.40. The molecule has 1 aromatic carbocycles. The van der Waals surface area contributed by atoms with Gasteiger partial charge in [0.2, 0.25) is 0 Å². The second-order valence-corrected chi connectivity index (χ2v) is 10.2. The second-order valence-electron chi connectivity index (χ2n) is 7.22. The van der Waals surface area contributed by atoms with E-state index in [0.29, 0.717) is 18.9 Å². The highest BCUT2D eigenvalue weighted by atomic mass is 32.2. The largest absolute Gasteiger partial charge is 0.492 e. The maximum atomic E-state index is 12.7. The first-order valence-corrected chi connectivity index (χ1v) is 13.4. The molecule has 0 atom stereocenters. The molecule has 34 heavy (non-hydrogen) atoms. The van der Waals surface area contributed by atoms with Crippen LogP contribution in [0, 0.1) is 0 Å². The molecule has 0 bridgehead atoms. The average molecular weight is 506 g/mol. The number of anilines is 1. The maximum absolute atomic E-state index is 12.7. The first-order valence-electron chi connectivity index (χ1n) is 10.8. The molecule has 2 aromatic rings. The molecular weight excluding hydrogens is 477 g/mol. The minimum Gasteiger partial charge on any atom is -0.492 e. The number of pyridine rings is 1. The Balaban J connectivity index is 1.58. The Morgan fingerprint density at radius 1 is 1.09 bits per heavy atom. The summed E-state index contributed by atoms with van der Waals surface area (Å²) in [5.74, 6) is 1.04. The van der Waals surface area contributed by atoms with Gasteiger partial charge in [0.1, 0.15) is 24.5 Å². The van der Waals surface area contributed by atoms with Crippen LogP contribution in [-0.4, -0.2) is 60.7 Å². The molecule has 0 radical (unpaired) electrons. The second kappa shape index (κ2) is 12.2.